The number of hydrogen-bond donors (Lipinski definition) is 1. The van der Waals surface area contributed by atoms with Crippen LogP contribution in [0.4, 0.5) is 14.5 Å². The molecule has 0 unspecified atom stereocenters. The van der Waals surface area contributed by atoms with Crippen LogP contribution in [0.5, 0.6) is 5.75 Å². The summed E-state index contributed by atoms with van der Waals surface area (Å²) in [7, 11) is -4.67. The van der Waals surface area contributed by atoms with Crippen LogP contribution < -0.4 is 9.32 Å². The van der Waals surface area contributed by atoms with Gasteiger partial charge in [0.25, 0.3) is 0 Å². The van der Waals surface area contributed by atoms with Crippen molar-refractivity contribution in [3.05, 3.63) is 33.9 Å². The number of nitrogens with zero attached hydrogens (tertiary/aromatic N) is 1. The van der Waals surface area contributed by atoms with E-state index < -0.39 is 38.3 Å². The molecule has 1 aromatic rings. The van der Waals surface area contributed by atoms with E-state index in [1.54, 1.807) is 0 Å². The molecule has 2 N–H and O–H groups in total. The van der Waals surface area contributed by atoms with Gasteiger partial charge < -0.3 is 4.18 Å². The highest BCUT2D eigenvalue weighted by atomic mass is 32.2. The smallest absolute Gasteiger partial charge is 0.364 e. The van der Waals surface area contributed by atoms with Gasteiger partial charge in [-0.15, -0.1) is 0 Å². The van der Waals surface area contributed by atoms with Crippen molar-refractivity contribution >= 4 is 16.0 Å². The van der Waals surface area contributed by atoms with Crippen molar-refractivity contribution in [1.82, 2.24) is 0 Å². The highest BCUT2D eigenvalue weighted by molar-refractivity contribution is 7.84. The Morgan fingerprint density at radius 3 is 2.38 bits per heavy atom. The Morgan fingerprint density at radius 1 is 1.38 bits per heavy atom. The van der Waals surface area contributed by atoms with Gasteiger partial charge in [-0.05, 0) is 6.07 Å². The third-order valence-corrected chi connectivity index (χ3v) is 1.82. The van der Waals surface area contributed by atoms with Crippen molar-refractivity contribution in [2.75, 3.05) is 0 Å². The van der Waals surface area contributed by atoms with Crippen molar-refractivity contribution in [3.8, 4) is 5.75 Å². The largest absolute Gasteiger partial charge is 0.380 e. The lowest BCUT2D eigenvalue weighted by Gasteiger charge is -2.04. The number of nitro groups is 1. The summed E-state index contributed by atoms with van der Waals surface area (Å²) in [5.74, 6) is -4.60. The fourth-order valence-electron chi connectivity index (χ4n) is 0.856. The van der Waals surface area contributed by atoms with Crippen molar-refractivity contribution in [3.63, 3.8) is 0 Å². The van der Waals surface area contributed by atoms with Crippen LogP contribution in [0.2, 0.25) is 0 Å². The van der Waals surface area contributed by atoms with Crippen molar-refractivity contribution in [1.29, 1.82) is 0 Å². The monoisotopic (exact) mass is 254 g/mol. The second-order valence-electron chi connectivity index (χ2n) is 2.54. The SMILES string of the molecule is NS(=O)(=O)Oc1c(F)ccc([N+](=O)[O-])c1F. The minimum absolute atomic E-state index is 0.488. The maximum Gasteiger partial charge on any atom is 0.380 e. The molecule has 16 heavy (non-hydrogen) atoms. The lowest BCUT2D eigenvalue weighted by atomic mass is 10.3. The first-order chi connectivity index (χ1) is 7.22. The number of benzene rings is 1. The molecule has 0 aliphatic carbocycles. The van der Waals surface area contributed by atoms with Crippen molar-refractivity contribution < 1.29 is 26.3 Å². The van der Waals surface area contributed by atoms with E-state index in [9.17, 15) is 27.3 Å². The van der Waals surface area contributed by atoms with E-state index in [1.165, 1.54) is 0 Å². The average Bonchev–Trinajstić information content (AvgIpc) is 2.10. The molecular weight excluding hydrogens is 250 g/mol. The molecule has 0 amide bonds. The van der Waals surface area contributed by atoms with E-state index in [-0.39, 0.29) is 0 Å². The zero-order valence-electron chi connectivity index (χ0n) is 7.38. The molecule has 0 saturated carbocycles. The van der Waals surface area contributed by atoms with E-state index in [2.05, 4.69) is 9.32 Å². The molecule has 0 aromatic heterocycles. The highest BCUT2D eigenvalue weighted by Gasteiger charge is 2.25. The molecule has 0 aliphatic heterocycles. The molecule has 0 fully saturated rings. The van der Waals surface area contributed by atoms with Crippen LogP contribution in [0.15, 0.2) is 12.1 Å². The van der Waals surface area contributed by atoms with E-state index in [0.717, 1.165) is 0 Å². The van der Waals surface area contributed by atoms with Crippen molar-refractivity contribution in [2.45, 2.75) is 0 Å². The van der Waals surface area contributed by atoms with Gasteiger partial charge >= 0.3 is 16.0 Å². The quantitative estimate of drug-likeness (QED) is 0.621. The molecule has 0 radical (unpaired) electrons. The first-order valence-electron chi connectivity index (χ1n) is 3.57. The standard InChI is InChI=1S/C6H4F2N2O5S/c7-3-1-2-4(10(11)12)5(8)6(3)15-16(9,13)14/h1-2H,(H2,9,13,14). The molecule has 7 nitrogen and oxygen atoms in total. The second-order valence-corrected chi connectivity index (χ2v) is 3.70. The van der Waals surface area contributed by atoms with Crippen LogP contribution in [0.25, 0.3) is 0 Å². The molecule has 0 heterocycles. The molecular formula is C6H4F2N2O5S. The molecule has 1 aromatic carbocycles. The number of halogens is 2. The second kappa shape index (κ2) is 3.98. The summed E-state index contributed by atoms with van der Waals surface area (Å²) < 4.78 is 50.7. The maximum absolute atomic E-state index is 13.2. The Balaban J connectivity index is 3.38. The molecule has 10 heteroatoms. The van der Waals surface area contributed by atoms with Gasteiger partial charge in [0.1, 0.15) is 0 Å². The lowest BCUT2D eigenvalue weighted by molar-refractivity contribution is -0.387. The fourth-order valence-corrected chi connectivity index (χ4v) is 1.24. The minimum atomic E-state index is -4.67. The van der Waals surface area contributed by atoms with E-state index in [0.29, 0.717) is 12.1 Å². The predicted octanol–water partition coefficient (Wildman–Crippen LogP) is 0.455. The Bertz CT molecular complexity index is 544. The normalized spacial score (nSPS) is 11.2. The van der Waals surface area contributed by atoms with Crippen LogP contribution in [0.3, 0.4) is 0 Å². The van der Waals surface area contributed by atoms with Crippen LogP contribution in [-0.4, -0.2) is 13.3 Å². The topological polar surface area (TPSA) is 113 Å². The summed E-state index contributed by atoms with van der Waals surface area (Å²) in [5.41, 5.74) is -1.12. The maximum atomic E-state index is 13.2. The van der Waals surface area contributed by atoms with Gasteiger partial charge in [-0.2, -0.15) is 17.9 Å². The van der Waals surface area contributed by atoms with Gasteiger partial charge in [0, 0.05) is 6.07 Å². The van der Waals surface area contributed by atoms with Gasteiger partial charge in [0.2, 0.25) is 11.6 Å². The highest BCUT2D eigenvalue weighted by Crippen LogP contribution is 2.29. The number of rotatable bonds is 3. The first kappa shape index (κ1) is 12.3. The Morgan fingerprint density at radius 2 is 1.94 bits per heavy atom. The lowest BCUT2D eigenvalue weighted by Crippen LogP contribution is -2.20. The first-order valence-corrected chi connectivity index (χ1v) is 5.04. The minimum Gasteiger partial charge on any atom is -0.364 e. The van der Waals surface area contributed by atoms with Gasteiger partial charge in [-0.1, -0.05) is 0 Å². The van der Waals surface area contributed by atoms with Crippen LogP contribution in [0, 0.1) is 21.7 Å². The fraction of sp³-hybridized carbons (Fsp3) is 0. The van der Waals surface area contributed by atoms with Crippen LogP contribution in [0.1, 0.15) is 0 Å². The van der Waals surface area contributed by atoms with E-state index in [4.69, 9.17) is 0 Å². The number of hydrogen-bond acceptors (Lipinski definition) is 5. The van der Waals surface area contributed by atoms with Crippen molar-refractivity contribution in [2.24, 2.45) is 5.14 Å². The third-order valence-electron chi connectivity index (χ3n) is 1.42. The summed E-state index contributed by atoms with van der Waals surface area (Å²) in [6.07, 6.45) is 0. The van der Waals surface area contributed by atoms with Gasteiger partial charge in [0.05, 0.1) is 4.92 Å². The van der Waals surface area contributed by atoms with E-state index in [1.807, 2.05) is 0 Å². The Labute approximate surface area is 87.8 Å². The summed E-state index contributed by atoms with van der Waals surface area (Å²) in [6, 6.07) is 1.02. The van der Waals surface area contributed by atoms with Gasteiger partial charge in [-0.3, -0.25) is 10.1 Å². The molecule has 88 valence electrons. The zero-order valence-corrected chi connectivity index (χ0v) is 8.20. The molecule has 1 rings (SSSR count). The molecule has 0 bridgehead atoms. The Kier molecular flexibility index (Phi) is 3.05. The Hall–Kier alpha value is -1.81. The molecule has 0 saturated heterocycles. The number of nitrogens with two attached hydrogens (primary N) is 1. The molecule has 0 spiro atoms. The predicted molar refractivity (Wildman–Crippen MR) is 46.7 cm³/mol. The van der Waals surface area contributed by atoms with Crippen LogP contribution >= 0.6 is 0 Å². The summed E-state index contributed by atoms with van der Waals surface area (Å²) in [6.45, 7) is 0. The van der Waals surface area contributed by atoms with Gasteiger partial charge in [-0.25, -0.2) is 4.39 Å². The molecule has 0 aliphatic rings. The summed E-state index contributed by atoms with van der Waals surface area (Å²) >= 11 is 0. The third kappa shape index (κ3) is 2.61. The summed E-state index contributed by atoms with van der Waals surface area (Å²) in [4.78, 5) is 9.10. The average molecular weight is 254 g/mol. The van der Waals surface area contributed by atoms with E-state index >= 15 is 0 Å². The number of nitro benzene ring substituents is 1. The van der Waals surface area contributed by atoms with Crippen LogP contribution in [-0.2, 0) is 10.3 Å². The molecule has 0 atom stereocenters. The van der Waals surface area contributed by atoms with Gasteiger partial charge in [0.15, 0.2) is 5.82 Å². The zero-order chi connectivity index (χ0) is 12.5. The summed E-state index contributed by atoms with van der Waals surface area (Å²) in [5, 5.41) is 14.6.